The van der Waals surface area contributed by atoms with Crippen molar-refractivity contribution in [2.75, 3.05) is 18.4 Å². The van der Waals surface area contributed by atoms with Crippen molar-refractivity contribution in [1.29, 1.82) is 0 Å². The number of amides is 2. The van der Waals surface area contributed by atoms with E-state index in [0.717, 1.165) is 23.2 Å². The van der Waals surface area contributed by atoms with Crippen molar-refractivity contribution < 1.29 is 9.59 Å². The number of hydrogen-bond acceptors (Lipinski definition) is 2. The van der Waals surface area contributed by atoms with Gasteiger partial charge in [0.15, 0.2) is 0 Å². The molecule has 5 heteroatoms. The van der Waals surface area contributed by atoms with Crippen LogP contribution in [0.4, 0.5) is 5.69 Å². The van der Waals surface area contributed by atoms with Crippen molar-refractivity contribution >= 4 is 28.4 Å². The Morgan fingerprint density at radius 3 is 2.82 bits per heavy atom. The fourth-order valence-corrected chi connectivity index (χ4v) is 3.82. The summed E-state index contributed by atoms with van der Waals surface area (Å²) in [5, 5.41) is 4.16. The number of anilines is 1. The van der Waals surface area contributed by atoms with E-state index in [1.54, 1.807) is 0 Å². The van der Waals surface area contributed by atoms with Crippen LogP contribution >= 0.6 is 0 Å². The highest BCUT2D eigenvalue weighted by atomic mass is 16.2. The highest BCUT2D eigenvalue weighted by Gasteiger charge is 2.34. The SMILES string of the molecule is Cc1ccc(NC(=O)C2CC(=O)N(CCc3c[nH]c4ccccc34)C2)cc1C. The van der Waals surface area contributed by atoms with Gasteiger partial charge in [-0.3, -0.25) is 9.59 Å². The van der Waals surface area contributed by atoms with E-state index in [2.05, 4.69) is 16.4 Å². The van der Waals surface area contributed by atoms with E-state index in [1.807, 2.05) is 61.3 Å². The van der Waals surface area contributed by atoms with Crippen LogP contribution in [-0.4, -0.2) is 34.8 Å². The molecular weight excluding hydrogens is 350 g/mol. The standard InChI is InChI=1S/C23H25N3O2/c1-15-7-8-19(11-16(15)2)25-23(28)18-12-22(27)26(14-18)10-9-17-13-24-21-6-4-3-5-20(17)21/h3-8,11,13,18,24H,9-10,12,14H2,1-2H3,(H,25,28). The number of aromatic nitrogens is 1. The summed E-state index contributed by atoms with van der Waals surface area (Å²) in [7, 11) is 0. The monoisotopic (exact) mass is 375 g/mol. The molecule has 1 unspecified atom stereocenters. The lowest BCUT2D eigenvalue weighted by Crippen LogP contribution is -2.30. The van der Waals surface area contributed by atoms with Crippen LogP contribution in [0.1, 0.15) is 23.1 Å². The number of aromatic amines is 1. The van der Waals surface area contributed by atoms with E-state index >= 15 is 0 Å². The number of carbonyl (C=O) groups excluding carboxylic acids is 2. The van der Waals surface area contributed by atoms with E-state index in [0.29, 0.717) is 13.1 Å². The van der Waals surface area contributed by atoms with E-state index in [9.17, 15) is 9.59 Å². The van der Waals surface area contributed by atoms with Crippen molar-refractivity contribution in [3.05, 3.63) is 65.4 Å². The second kappa shape index (κ2) is 7.50. The number of hydrogen-bond donors (Lipinski definition) is 2. The minimum absolute atomic E-state index is 0.0556. The Balaban J connectivity index is 1.36. The lowest BCUT2D eigenvalue weighted by molar-refractivity contribution is -0.128. The summed E-state index contributed by atoms with van der Waals surface area (Å²) in [5.41, 5.74) is 5.43. The molecule has 144 valence electrons. The van der Waals surface area contributed by atoms with E-state index in [1.165, 1.54) is 16.5 Å². The Morgan fingerprint density at radius 1 is 1.18 bits per heavy atom. The van der Waals surface area contributed by atoms with Crippen molar-refractivity contribution in [2.45, 2.75) is 26.7 Å². The van der Waals surface area contributed by atoms with Gasteiger partial charge in [0.25, 0.3) is 0 Å². The van der Waals surface area contributed by atoms with Crippen molar-refractivity contribution in [2.24, 2.45) is 5.92 Å². The molecule has 1 atom stereocenters. The smallest absolute Gasteiger partial charge is 0.229 e. The van der Waals surface area contributed by atoms with Gasteiger partial charge in [0.2, 0.25) is 11.8 Å². The molecule has 0 radical (unpaired) electrons. The van der Waals surface area contributed by atoms with Gasteiger partial charge in [-0.05, 0) is 55.2 Å². The van der Waals surface area contributed by atoms with Gasteiger partial charge in [-0.2, -0.15) is 0 Å². The number of rotatable bonds is 5. The lowest BCUT2D eigenvalue weighted by atomic mass is 10.1. The van der Waals surface area contributed by atoms with Gasteiger partial charge < -0.3 is 15.2 Å². The van der Waals surface area contributed by atoms with Gasteiger partial charge in [0, 0.05) is 42.3 Å². The molecule has 2 N–H and O–H groups in total. The summed E-state index contributed by atoms with van der Waals surface area (Å²) in [4.78, 5) is 30.1. The van der Waals surface area contributed by atoms with Gasteiger partial charge >= 0.3 is 0 Å². The molecule has 4 rings (SSSR count). The molecule has 3 aromatic rings. The second-order valence-electron chi connectivity index (χ2n) is 7.64. The van der Waals surface area contributed by atoms with Gasteiger partial charge in [-0.1, -0.05) is 24.3 Å². The average Bonchev–Trinajstić information content (AvgIpc) is 3.26. The van der Waals surface area contributed by atoms with Crippen LogP contribution in [-0.2, 0) is 16.0 Å². The fourth-order valence-electron chi connectivity index (χ4n) is 3.82. The Labute approximate surface area is 164 Å². The maximum absolute atomic E-state index is 12.6. The summed E-state index contributed by atoms with van der Waals surface area (Å²) in [6, 6.07) is 14.0. The summed E-state index contributed by atoms with van der Waals surface area (Å²) < 4.78 is 0. The quantitative estimate of drug-likeness (QED) is 0.712. The Bertz CT molecular complexity index is 1040. The topological polar surface area (TPSA) is 65.2 Å². The largest absolute Gasteiger partial charge is 0.361 e. The normalized spacial score (nSPS) is 16.7. The molecule has 0 spiro atoms. The third-order valence-electron chi connectivity index (χ3n) is 5.69. The zero-order valence-corrected chi connectivity index (χ0v) is 16.3. The molecule has 5 nitrogen and oxygen atoms in total. The van der Waals surface area contributed by atoms with Crippen LogP contribution < -0.4 is 5.32 Å². The minimum atomic E-state index is -0.294. The summed E-state index contributed by atoms with van der Waals surface area (Å²) in [6.07, 6.45) is 3.07. The Kier molecular flexibility index (Phi) is 4.90. The van der Waals surface area contributed by atoms with Crippen LogP contribution in [0.2, 0.25) is 0 Å². The van der Waals surface area contributed by atoms with Crippen LogP contribution in [0.5, 0.6) is 0 Å². The molecule has 1 fully saturated rings. The fraction of sp³-hybridized carbons (Fsp3) is 0.304. The number of nitrogens with one attached hydrogen (secondary N) is 2. The number of para-hydroxylation sites is 1. The van der Waals surface area contributed by atoms with Gasteiger partial charge in [-0.15, -0.1) is 0 Å². The van der Waals surface area contributed by atoms with Gasteiger partial charge in [-0.25, -0.2) is 0 Å². The number of H-pyrrole nitrogens is 1. The van der Waals surface area contributed by atoms with E-state index in [4.69, 9.17) is 0 Å². The number of aryl methyl sites for hydroxylation is 2. The van der Waals surface area contributed by atoms with Gasteiger partial charge in [0.05, 0.1) is 5.92 Å². The highest BCUT2D eigenvalue weighted by molar-refractivity contribution is 5.97. The van der Waals surface area contributed by atoms with E-state index < -0.39 is 0 Å². The zero-order chi connectivity index (χ0) is 19.7. The summed E-state index contributed by atoms with van der Waals surface area (Å²) >= 11 is 0. The van der Waals surface area contributed by atoms with Crippen LogP contribution in [0.3, 0.4) is 0 Å². The first kappa shape index (κ1) is 18.3. The molecule has 1 aromatic heterocycles. The van der Waals surface area contributed by atoms with Crippen molar-refractivity contribution in [1.82, 2.24) is 9.88 Å². The first-order chi connectivity index (χ1) is 13.5. The predicted octanol–water partition coefficient (Wildman–Crippen LogP) is 3.81. The molecule has 1 saturated heterocycles. The zero-order valence-electron chi connectivity index (χ0n) is 16.3. The molecule has 1 aliphatic heterocycles. The first-order valence-electron chi connectivity index (χ1n) is 9.72. The van der Waals surface area contributed by atoms with Crippen molar-refractivity contribution in [3.63, 3.8) is 0 Å². The number of benzene rings is 2. The lowest BCUT2D eigenvalue weighted by Gasteiger charge is -2.16. The van der Waals surface area contributed by atoms with Crippen LogP contribution in [0.25, 0.3) is 10.9 Å². The van der Waals surface area contributed by atoms with Crippen LogP contribution in [0.15, 0.2) is 48.7 Å². The molecule has 0 bridgehead atoms. The number of nitrogens with zero attached hydrogens (tertiary/aromatic N) is 1. The summed E-state index contributed by atoms with van der Waals surface area (Å²) in [6.45, 7) is 5.19. The average molecular weight is 375 g/mol. The number of fused-ring (bicyclic) bond motifs is 1. The van der Waals surface area contributed by atoms with Crippen molar-refractivity contribution in [3.8, 4) is 0 Å². The first-order valence-corrected chi connectivity index (χ1v) is 9.72. The molecule has 2 heterocycles. The third kappa shape index (κ3) is 3.65. The Morgan fingerprint density at radius 2 is 2.00 bits per heavy atom. The molecular formula is C23H25N3O2. The molecule has 0 saturated carbocycles. The van der Waals surface area contributed by atoms with E-state index in [-0.39, 0.29) is 24.2 Å². The molecule has 0 aliphatic carbocycles. The van der Waals surface area contributed by atoms with Gasteiger partial charge in [0.1, 0.15) is 0 Å². The molecule has 2 amide bonds. The second-order valence-corrected chi connectivity index (χ2v) is 7.64. The number of likely N-dealkylation sites (tertiary alicyclic amines) is 1. The molecule has 28 heavy (non-hydrogen) atoms. The molecule has 1 aliphatic rings. The number of carbonyl (C=O) groups is 2. The Hall–Kier alpha value is -3.08. The minimum Gasteiger partial charge on any atom is -0.361 e. The maximum Gasteiger partial charge on any atom is 0.229 e. The summed E-state index contributed by atoms with van der Waals surface area (Å²) in [5.74, 6) is -0.316. The third-order valence-corrected chi connectivity index (χ3v) is 5.69. The highest BCUT2D eigenvalue weighted by Crippen LogP contribution is 2.23. The predicted molar refractivity (Wildman–Crippen MR) is 111 cm³/mol. The maximum atomic E-state index is 12.6. The van der Waals surface area contributed by atoms with Crippen LogP contribution in [0, 0.1) is 19.8 Å². The molecule has 2 aromatic carbocycles.